The molecular formula is C24H24ClF2N3. The van der Waals surface area contributed by atoms with Crippen LogP contribution in [0.25, 0.3) is 11.1 Å². The molecule has 30 heavy (non-hydrogen) atoms. The van der Waals surface area contributed by atoms with E-state index in [0.717, 1.165) is 29.8 Å². The third-order valence-corrected chi connectivity index (χ3v) is 5.71. The summed E-state index contributed by atoms with van der Waals surface area (Å²) in [7, 11) is 0. The first-order valence-electron chi connectivity index (χ1n) is 10.3. The molecule has 1 saturated carbocycles. The molecular weight excluding hydrogens is 404 g/mol. The fraction of sp³-hybridized carbons (Fsp3) is 0.292. The highest BCUT2D eigenvalue weighted by atomic mass is 35.5. The lowest BCUT2D eigenvalue weighted by Crippen LogP contribution is -2.22. The standard InChI is InChI=1S/C24H24ClF2N3/c25-23-15-29-24(30-20-7-2-1-3-8-20)13-22(23)17-10-19(27)12-21(11-17)28-14-16-5-4-6-18(26)9-16/h4-6,9-13,15,20,28H,1-3,7-8,14H2,(H,29,30). The quantitative estimate of drug-likeness (QED) is 0.443. The summed E-state index contributed by atoms with van der Waals surface area (Å²) in [6.45, 7) is 0.388. The second-order valence-electron chi connectivity index (χ2n) is 7.74. The van der Waals surface area contributed by atoms with E-state index >= 15 is 0 Å². The molecule has 4 rings (SSSR count). The Hall–Kier alpha value is -2.66. The molecule has 0 bridgehead atoms. The van der Waals surface area contributed by atoms with Crippen LogP contribution in [0.3, 0.4) is 0 Å². The second-order valence-corrected chi connectivity index (χ2v) is 8.15. The molecule has 1 fully saturated rings. The molecule has 1 aliphatic rings. The van der Waals surface area contributed by atoms with Crippen LogP contribution in [0.5, 0.6) is 0 Å². The average molecular weight is 428 g/mol. The molecule has 0 atom stereocenters. The predicted octanol–water partition coefficient (Wildman–Crippen LogP) is 7.04. The van der Waals surface area contributed by atoms with E-state index in [2.05, 4.69) is 15.6 Å². The predicted molar refractivity (Wildman–Crippen MR) is 119 cm³/mol. The van der Waals surface area contributed by atoms with Crippen molar-refractivity contribution in [1.82, 2.24) is 4.98 Å². The van der Waals surface area contributed by atoms with Gasteiger partial charge >= 0.3 is 0 Å². The molecule has 0 unspecified atom stereocenters. The van der Waals surface area contributed by atoms with Gasteiger partial charge in [-0.1, -0.05) is 43.0 Å². The first-order chi connectivity index (χ1) is 14.6. The zero-order valence-electron chi connectivity index (χ0n) is 16.6. The van der Waals surface area contributed by atoms with E-state index in [1.165, 1.54) is 43.5 Å². The molecule has 1 aromatic heterocycles. The van der Waals surface area contributed by atoms with Gasteiger partial charge in [-0.05, 0) is 60.4 Å². The monoisotopic (exact) mass is 427 g/mol. The lowest BCUT2D eigenvalue weighted by molar-refractivity contribution is 0.462. The lowest BCUT2D eigenvalue weighted by Gasteiger charge is -2.23. The summed E-state index contributed by atoms with van der Waals surface area (Å²) >= 11 is 6.39. The van der Waals surface area contributed by atoms with Crippen LogP contribution >= 0.6 is 11.6 Å². The molecule has 0 spiro atoms. The van der Waals surface area contributed by atoms with E-state index in [1.807, 2.05) is 18.2 Å². The highest BCUT2D eigenvalue weighted by Crippen LogP contribution is 2.32. The molecule has 0 saturated heterocycles. The van der Waals surface area contributed by atoms with Crippen LogP contribution in [-0.2, 0) is 6.54 Å². The van der Waals surface area contributed by atoms with Gasteiger partial charge in [0, 0.05) is 30.0 Å². The van der Waals surface area contributed by atoms with E-state index < -0.39 is 0 Å². The zero-order chi connectivity index (χ0) is 20.9. The summed E-state index contributed by atoms with van der Waals surface area (Å²) in [5.74, 6) is 0.0829. The van der Waals surface area contributed by atoms with E-state index in [9.17, 15) is 8.78 Å². The molecule has 3 aromatic rings. The Bertz CT molecular complexity index is 1020. The first-order valence-corrected chi connectivity index (χ1v) is 10.7. The third-order valence-electron chi connectivity index (χ3n) is 5.41. The Morgan fingerprint density at radius 1 is 0.967 bits per heavy atom. The summed E-state index contributed by atoms with van der Waals surface area (Å²) in [6.07, 6.45) is 7.60. The Balaban J connectivity index is 1.54. The van der Waals surface area contributed by atoms with Gasteiger partial charge in [0.15, 0.2) is 0 Å². The minimum absolute atomic E-state index is 0.296. The Kier molecular flexibility index (Phi) is 6.48. The molecule has 0 aliphatic heterocycles. The topological polar surface area (TPSA) is 37.0 Å². The maximum Gasteiger partial charge on any atom is 0.126 e. The van der Waals surface area contributed by atoms with Gasteiger partial charge in [-0.2, -0.15) is 0 Å². The van der Waals surface area contributed by atoms with Crippen LogP contribution in [0.1, 0.15) is 37.7 Å². The molecule has 0 amide bonds. The molecule has 156 valence electrons. The zero-order valence-corrected chi connectivity index (χ0v) is 17.4. The van der Waals surface area contributed by atoms with Crippen LogP contribution in [0, 0.1) is 11.6 Å². The van der Waals surface area contributed by atoms with Crippen molar-refractivity contribution in [2.24, 2.45) is 0 Å². The molecule has 1 aliphatic carbocycles. The Morgan fingerprint density at radius 3 is 2.60 bits per heavy atom. The van der Waals surface area contributed by atoms with Crippen molar-refractivity contribution in [2.75, 3.05) is 10.6 Å². The normalized spacial score (nSPS) is 14.5. The fourth-order valence-electron chi connectivity index (χ4n) is 3.89. The summed E-state index contributed by atoms with van der Waals surface area (Å²) < 4.78 is 27.7. The van der Waals surface area contributed by atoms with Gasteiger partial charge in [-0.25, -0.2) is 13.8 Å². The summed E-state index contributed by atoms with van der Waals surface area (Å²) in [4.78, 5) is 4.40. The minimum atomic E-state index is -0.371. The van der Waals surface area contributed by atoms with Gasteiger partial charge in [-0.3, -0.25) is 0 Å². The van der Waals surface area contributed by atoms with Gasteiger partial charge in [0.1, 0.15) is 17.5 Å². The number of rotatable bonds is 6. The van der Waals surface area contributed by atoms with Crippen LogP contribution < -0.4 is 10.6 Å². The van der Waals surface area contributed by atoms with Gasteiger partial charge in [-0.15, -0.1) is 0 Å². The molecule has 3 nitrogen and oxygen atoms in total. The van der Waals surface area contributed by atoms with Crippen molar-refractivity contribution >= 4 is 23.1 Å². The minimum Gasteiger partial charge on any atom is -0.381 e. The largest absolute Gasteiger partial charge is 0.381 e. The number of anilines is 2. The maximum absolute atomic E-state index is 14.3. The molecule has 0 radical (unpaired) electrons. The first kappa shape index (κ1) is 20.6. The second kappa shape index (κ2) is 9.43. The number of halogens is 3. The lowest BCUT2D eigenvalue weighted by atomic mass is 9.95. The van der Waals surface area contributed by atoms with Crippen LogP contribution in [0.4, 0.5) is 20.3 Å². The van der Waals surface area contributed by atoms with Crippen LogP contribution in [-0.4, -0.2) is 11.0 Å². The van der Waals surface area contributed by atoms with E-state index in [0.29, 0.717) is 28.9 Å². The van der Waals surface area contributed by atoms with Gasteiger partial charge in [0.2, 0.25) is 0 Å². The fourth-order valence-corrected chi connectivity index (χ4v) is 4.11. The Labute approximate surface area is 180 Å². The van der Waals surface area contributed by atoms with Crippen molar-refractivity contribution in [3.63, 3.8) is 0 Å². The number of hydrogen-bond donors (Lipinski definition) is 2. The van der Waals surface area contributed by atoms with E-state index in [1.54, 1.807) is 12.3 Å². The summed E-state index contributed by atoms with van der Waals surface area (Å²) in [6, 6.07) is 13.3. The van der Waals surface area contributed by atoms with Crippen LogP contribution in [0.15, 0.2) is 54.7 Å². The highest BCUT2D eigenvalue weighted by Gasteiger charge is 2.15. The number of hydrogen-bond acceptors (Lipinski definition) is 3. The van der Waals surface area contributed by atoms with Crippen molar-refractivity contribution in [3.05, 3.63) is 76.9 Å². The molecule has 6 heteroatoms. The van der Waals surface area contributed by atoms with Gasteiger partial charge in [0.05, 0.1) is 5.02 Å². The highest BCUT2D eigenvalue weighted by molar-refractivity contribution is 6.33. The van der Waals surface area contributed by atoms with Crippen molar-refractivity contribution < 1.29 is 8.78 Å². The third kappa shape index (κ3) is 5.28. The average Bonchev–Trinajstić information content (AvgIpc) is 2.74. The van der Waals surface area contributed by atoms with E-state index in [-0.39, 0.29) is 11.6 Å². The number of pyridine rings is 1. The molecule has 2 N–H and O–H groups in total. The molecule has 2 aromatic carbocycles. The van der Waals surface area contributed by atoms with Crippen LogP contribution in [0.2, 0.25) is 5.02 Å². The summed E-state index contributed by atoms with van der Waals surface area (Å²) in [5, 5.41) is 7.11. The van der Waals surface area contributed by atoms with E-state index in [4.69, 9.17) is 11.6 Å². The Morgan fingerprint density at radius 2 is 1.80 bits per heavy atom. The smallest absolute Gasteiger partial charge is 0.126 e. The van der Waals surface area contributed by atoms with Gasteiger partial charge < -0.3 is 10.6 Å². The molecule has 1 heterocycles. The van der Waals surface area contributed by atoms with Gasteiger partial charge in [0.25, 0.3) is 0 Å². The number of nitrogens with zero attached hydrogens (tertiary/aromatic N) is 1. The number of nitrogens with one attached hydrogen (secondary N) is 2. The van der Waals surface area contributed by atoms with Crippen molar-refractivity contribution in [1.29, 1.82) is 0 Å². The van der Waals surface area contributed by atoms with Crippen molar-refractivity contribution in [2.45, 2.75) is 44.7 Å². The summed E-state index contributed by atoms with van der Waals surface area (Å²) in [5.41, 5.74) is 2.76. The number of aromatic nitrogens is 1. The maximum atomic E-state index is 14.3. The number of benzene rings is 2. The van der Waals surface area contributed by atoms with Crippen molar-refractivity contribution in [3.8, 4) is 11.1 Å². The SMILES string of the molecule is Fc1cccc(CNc2cc(F)cc(-c3cc(NC4CCCCC4)ncc3Cl)c2)c1.